The third-order valence-electron chi connectivity index (χ3n) is 4.21. The molecule has 0 saturated carbocycles. The first-order valence-corrected chi connectivity index (χ1v) is 8.81. The Balaban J connectivity index is 1.49. The summed E-state index contributed by atoms with van der Waals surface area (Å²) < 4.78 is 5.83. The number of carbonyl (C=O) groups excluding carboxylic acids is 1. The summed E-state index contributed by atoms with van der Waals surface area (Å²) in [5, 5.41) is 4.96. The van der Waals surface area contributed by atoms with E-state index in [0.29, 0.717) is 13.0 Å². The molecule has 24 heavy (non-hydrogen) atoms. The molecule has 1 atom stereocenters. The summed E-state index contributed by atoms with van der Waals surface area (Å²) in [6, 6.07) is 20.2. The molecule has 1 aromatic heterocycles. The SMILES string of the molecule is O=C1CC(c2ccc(OCc3ccccc3)cc2)c2sccc2N1. The first kappa shape index (κ1) is 15.0. The van der Waals surface area contributed by atoms with Gasteiger partial charge in [-0.2, -0.15) is 0 Å². The second-order valence-electron chi connectivity index (χ2n) is 5.85. The zero-order chi connectivity index (χ0) is 16.4. The zero-order valence-corrected chi connectivity index (χ0v) is 13.9. The van der Waals surface area contributed by atoms with Gasteiger partial charge in [-0.15, -0.1) is 11.3 Å². The summed E-state index contributed by atoms with van der Waals surface area (Å²) in [5.74, 6) is 1.06. The molecule has 1 N–H and O–H groups in total. The predicted octanol–water partition coefficient (Wildman–Crippen LogP) is 4.80. The van der Waals surface area contributed by atoms with E-state index in [1.54, 1.807) is 11.3 Å². The van der Waals surface area contributed by atoms with Gasteiger partial charge in [0.25, 0.3) is 0 Å². The van der Waals surface area contributed by atoms with Crippen molar-refractivity contribution in [3.8, 4) is 5.75 Å². The van der Waals surface area contributed by atoms with Crippen LogP contribution < -0.4 is 10.1 Å². The summed E-state index contributed by atoms with van der Waals surface area (Å²) in [6.07, 6.45) is 0.498. The van der Waals surface area contributed by atoms with E-state index in [9.17, 15) is 4.79 Å². The molecule has 1 amide bonds. The highest BCUT2D eigenvalue weighted by Gasteiger charge is 2.27. The van der Waals surface area contributed by atoms with Gasteiger partial charge in [-0.1, -0.05) is 42.5 Å². The smallest absolute Gasteiger partial charge is 0.225 e. The maximum atomic E-state index is 11.9. The molecule has 0 spiro atoms. The molecule has 0 saturated heterocycles. The van der Waals surface area contributed by atoms with Crippen molar-refractivity contribution in [2.75, 3.05) is 5.32 Å². The summed E-state index contributed by atoms with van der Waals surface area (Å²) in [7, 11) is 0. The van der Waals surface area contributed by atoms with Crippen LogP contribution in [0.1, 0.15) is 28.3 Å². The third-order valence-corrected chi connectivity index (χ3v) is 5.24. The van der Waals surface area contributed by atoms with Gasteiger partial charge < -0.3 is 10.1 Å². The van der Waals surface area contributed by atoms with Gasteiger partial charge in [0.05, 0.1) is 5.69 Å². The van der Waals surface area contributed by atoms with E-state index < -0.39 is 0 Å². The lowest BCUT2D eigenvalue weighted by Gasteiger charge is -2.23. The minimum absolute atomic E-state index is 0.0790. The van der Waals surface area contributed by atoms with Crippen molar-refractivity contribution < 1.29 is 9.53 Å². The van der Waals surface area contributed by atoms with Gasteiger partial charge in [0.2, 0.25) is 5.91 Å². The van der Waals surface area contributed by atoms with Crippen molar-refractivity contribution in [2.24, 2.45) is 0 Å². The summed E-state index contributed by atoms with van der Waals surface area (Å²) in [5.41, 5.74) is 3.25. The molecule has 4 rings (SSSR count). The number of ether oxygens (including phenoxy) is 1. The van der Waals surface area contributed by atoms with E-state index in [2.05, 4.69) is 17.4 Å². The lowest BCUT2D eigenvalue weighted by Crippen LogP contribution is -2.21. The Hall–Kier alpha value is -2.59. The van der Waals surface area contributed by atoms with E-state index in [4.69, 9.17) is 4.74 Å². The van der Waals surface area contributed by atoms with Gasteiger partial charge in [0, 0.05) is 17.2 Å². The van der Waals surface area contributed by atoms with Crippen LogP contribution in [0.15, 0.2) is 66.0 Å². The molecule has 120 valence electrons. The van der Waals surface area contributed by atoms with E-state index >= 15 is 0 Å². The number of hydrogen-bond donors (Lipinski definition) is 1. The second-order valence-corrected chi connectivity index (χ2v) is 6.79. The molecule has 3 aromatic rings. The minimum Gasteiger partial charge on any atom is -0.489 e. The number of rotatable bonds is 4. The van der Waals surface area contributed by atoms with Crippen molar-refractivity contribution in [1.82, 2.24) is 0 Å². The highest BCUT2D eigenvalue weighted by molar-refractivity contribution is 7.10. The monoisotopic (exact) mass is 335 g/mol. The fraction of sp³-hybridized carbons (Fsp3) is 0.150. The maximum Gasteiger partial charge on any atom is 0.225 e. The summed E-state index contributed by atoms with van der Waals surface area (Å²) >= 11 is 1.70. The van der Waals surface area contributed by atoms with Crippen LogP contribution in [0.2, 0.25) is 0 Å². The van der Waals surface area contributed by atoms with E-state index in [1.165, 1.54) is 4.88 Å². The lowest BCUT2D eigenvalue weighted by molar-refractivity contribution is -0.116. The van der Waals surface area contributed by atoms with Crippen LogP contribution in [-0.2, 0) is 11.4 Å². The van der Waals surface area contributed by atoms with E-state index in [1.807, 2.05) is 53.9 Å². The average Bonchev–Trinajstić information content (AvgIpc) is 3.09. The maximum absolute atomic E-state index is 11.9. The minimum atomic E-state index is 0.0790. The Kier molecular flexibility index (Phi) is 4.05. The number of carbonyl (C=O) groups is 1. The molecule has 2 heterocycles. The lowest BCUT2D eigenvalue weighted by atomic mass is 9.91. The highest BCUT2D eigenvalue weighted by atomic mass is 32.1. The van der Waals surface area contributed by atoms with Crippen molar-refractivity contribution in [3.05, 3.63) is 82.0 Å². The Bertz CT molecular complexity index is 840. The molecule has 3 nitrogen and oxygen atoms in total. The van der Waals surface area contributed by atoms with Crippen LogP contribution in [0.4, 0.5) is 5.69 Å². The van der Waals surface area contributed by atoms with Crippen molar-refractivity contribution in [2.45, 2.75) is 18.9 Å². The second kappa shape index (κ2) is 6.49. The molecule has 0 radical (unpaired) electrons. The highest BCUT2D eigenvalue weighted by Crippen LogP contribution is 2.40. The summed E-state index contributed by atoms with van der Waals surface area (Å²) in [6.45, 7) is 0.557. The van der Waals surface area contributed by atoms with Crippen LogP contribution in [0, 0.1) is 0 Å². The average molecular weight is 335 g/mol. The third kappa shape index (κ3) is 3.05. The Morgan fingerprint density at radius 1 is 1.04 bits per heavy atom. The Morgan fingerprint density at radius 2 is 1.83 bits per heavy atom. The number of thiophene rings is 1. The standard InChI is InChI=1S/C20H17NO2S/c22-19-12-17(20-18(21-19)10-11-24-20)15-6-8-16(9-7-15)23-13-14-4-2-1-3-5-14/h1-11,17H,12-13H2,(H,21,22). The number of benzene rings is 2. The molecule has 0 aliphatic carbocycles. The van der Waals surface area contributed by atoms with Gasteiger partial charge in [0.15, 0.2) is 0 Å². The molecule has 1 aliphatic heterocycles. The molecule has 1 aliphatic rings. The van der Waals surface area contributed by atoms with Crippen LogP contribution in [0.3, 0.4) is 0 Å². The normalized spacial score (nSPS) is 16.3. The van der Waals surface area contributed by atoms with Crippen molar-refractivity contribution >= 4 is 22.9 Å². The van der Waals surface area contributed by atoms with Gasteiger partial charge >= 0.3 is 0 Å². The van der Waals surface area contributed by atoms with Crippen LogP contribution in [0.5, 0.6) is 5.75 Å². The quantitative estimate of drug-likeness (QED) is 0.743. The molecular weight excluding hydrogens is 318 g/mol. The van der Waals surface area contributed by atoms with E-state index in [0.717, 1.165) is 22.6 Å². The Morgan fingerprint density at radius 3 is 2.62 bits per heavy atom. The van der Waals surface area contributed by atoms with Gasteiger partial charge in [-0.05, 0) is 34.7 Å². The predicted molar refractivity (Wildman–Crippen MR) is 96.6 cm³/mol. The van der Waals surface area contributed by atoms with Gasteiger partial charge in [-0.25, -0.2) is 0 Å². The number of fused-ring (bicyclic) bond motifs is 1. The van der Waals surface area contributed by atoms with Crippen molar-refractivity contribution in [1.29, 1.82) is 0 Å². The number of anilines is 1. The molecule has 0 fully saturated rings. The molecule has 1 unspecified atom stereocenters. The first-order valence-electron chi connectivity index (χ1n) is 7.93. The summed E-state index contributed by atoms with van der Waals surface area (Å²) in [4.78, 5) is 13.1. The molecule has 4 heteroatoms. The Labute approximate surface area is 144 Å². The largest absolute Gasteiger partial charge is 0.489 e. The number of nitrogens with one attached hydrogen (secondary N) is 1. The van der Waals surface area contributed by atoms with Gasteiger partial charge in [-0.3, -0.25) is 4.79 Å². The van der Waals surface area contributed by atoms with Crippen LogP contribution in [-0.4, -0.2) is 5.91 Å². The molecular formula is C20H17NO2S. The zero-order valence-electron chi connectivity index (χ0n) is 13.1. The van der Waals surface area contributed by atoms with Crippen LogP contribution >= 0.6 is 11.3 Å². The first-order chi connectivity index (χ1) is 11.8. The van der Waals surface area contributed by atoms with Gasteiger partial charge in [0.1, 0.15) is 12.4 Å². The number of hydrogen-bond acceptors (Lipinski definition) is 3. The molecule has 0 bridgehead atoms. The fourth-order valence-electron chi connectivity index (χ4n) is 2.98. The molecule has 2 aromatic carbocycles. The number of amides is 1. The van der Waals surface area contributed by atoms with Crippen molar-refractivity contribution in [3.63, 3.8) is 0 Å². The topological polar surface area (TPSA) is 38.3 Å². The fourth-order valence-corrected chi connectivity index (χ4v) is 3.96. The van der Waals surface area contributed by atoms with Crippen LogP contribution in [0.25, 0.3) is 0 Å². The van der Waals surface area contributed by atoms with E-state index in [-0.39, 0.29) is 11.8 Å².